The van der Waals surface area contributed by atoms with Crippen molar-refractivity contribution in [1.29, 1.82) is 0 Å². The smallest absolute Gasteiger partial charge is 0.142 e. The van der Waals surface area contributed by atoms with Gasteiger partial charge >= 0.3 is 0 Å². The maximum atomic E-state index is 4.50. The molecule has 2 aliphatic rings. The highest BCUT2D eigenvalue weighted by Crippen LogP contribution is 2.27. The van der Waals surface area contributed by atoms with Gasteiger partial charge in [-0.3, -0.25) is 10.6 Å². The number of hydrogen-bond donors (Lipinski definition) is 3. The van der Waals surface area contributed by atoms with Crippen LogP contribution in [0.15, 0.2) is 18.6 Å². The van der Waals surface area contributed by atoms with Crippen LogP contribution in [-0.2, 0) is 0 Å². The molecule has 2 aromatic heterocycles. The van der Waals surface area contributed by atoms with E-state index in [0.717, 1.165) is 43.0 Å². The summed E-state index contributed by atoms with van der Waals surface area (Å²) < 4.78 is 0. The first-order valence-corrected chi connectivity index (χ1v) is 6.89. The third-order valence-electron chi connectivity index (χ3n) is 4.18. The fourth-order valence-corrected chi connectivity index (χ4v) is 3.27. The summed E-state index contributed by atoms with van der Waals surface area (Å²) in [6.45, 7) is 4.04. The van der Waals surface area contributed by atoms with Crippen molar-refractivity contribution >= 4 is 16.9 Å². The van der Waals surface area contributed by atoms with E-state index in [-0.39, 0.29) is 5.66 Å². The molecular formula is C13H18N6. The van der Waals surface area contributed by atoms with Crippen molar-refractivity contribution in [3.63, 3.8) is 0 Å². The zero-order valence-electron chi connectivity index (χ0n) is 10.8. The molecular weight excluding hydrogens is 240 g/mol. The number of hydrogen-bond acceptors (Lipinski definition) is 5. The lowest BCUT2D eigenvalue weighted by Gasteiger charge is -2.42. The molecule has 4 rings (SSSR count). The summed E-state index contributed by atoms with van der Waals surface area (Å²) >= 11 is 0. The van der Waals surface area contributed by atoms with E-state index in [0.29, 0.717) is 0 Å². The summed E-state index contributed by atoms with van der Waals surface area (Å²) in [6, 6.07) is 2.06. The Morgan fingerprint density at radius 2 is 2.16 bits per heavy atom. The van der Waals surface area contributed by atoms with Crippen LogP contribution >= 0.6 is 0 Å². The average molecular weight is 258 g/mol. The molecule has 2 fully saturated rings. The van der Waals surface area contributed by atoms with Gasteiger partial charge in [-0.1, -0.05) is 0 Å². The minimum absolute atomic E-state index is 0.0752. The number of H-pyrrole nitrogens is 1. The second-order valence-electron chi connectivity index (χ2n) is 5.40. The van der Waals surface area contributed by atoms with Crippen LogP contribution in [0.3, 0.4) is 0 Å². The molecule has 1 atom stereocenters. The summed E-state index contributed by atoms with van der Waals surface area (Å²) in [6.07, 6.45) is 5.99. The van der Waals surface area contributed by atoms with Gasteiger partial charge in [0.25, 0.3) is 0 Å². The summed E-state index contributed by atoms with van der Waals surface area (Å²) in [5, 5.41) is 8.35. The van der Waals surface area contributed by atoms with Crippen LogP contribution in [0.25, 0.3) is 11.0 Å². The fraction of sp³-hybridized carbons (Fsp3) is 0.538. The quantitative estimate of drug-likeness (QED) is 0.693. The van der Waals surface area contributed by atoms with Crippen LogP contribution in [-0.4, -0.2) is 46.8 Å². The van der Waals surface area contributed by atoms with Crippen molar-refractivity contribution in [2.24, 2.45) is 0 Å². The van der Waals surface area contributed by atoms with Crippen LogP contribution in [0.1, 0.15) is 12.8 Å². The molecule has 100 valence electrons. The van der Waals surface area contributed by atoms with Crippen molar-refractivity contribution in [2.45, 2.75) is 18.5 Å². The van der Waals surface area contributed by atoms with Crippen LogP contribution < -0.4 is 15.5 Å². The summed E-state index contributed by atoms with van der Waals surface area (Å²) in [5.74, 6) is 1.04. The molecule has 3 N–H and O–H groups in total. The van der Waals surface area contributed by atoms with Gasteiger partial charge in [0, 0.05) is 19.3 Å². The zero-order chi connectivity index (χ0) is 12.7. The third kappa shape index (κ3) is 1.79. The number of nitrogens with one attached hydrogen (secondary N) is 3. The third-order valence-corrected chi connectivity index (χ3v) is 4.18. The van der Waals surface area contributed by atoms with Gasteiger partial charge in [-0.2, -0.15) is 0 Å². The SMILES string of the molecule is c1nc(N2CCNC3(CCCN3)C2)c2cc[nH]c2n1. The van der Waals surface area contributed by atoms with Gasteiger partial charge in [-0.15, -0.1) is 0 Å². The highest BCUT2D eigenvalue weighted by molar-refractivity contribution is 5.87. The molecule has 0 radical (unpaired) electrons. The highest BCUT2D eigenvalue weighted by Gasteiger charge is 2.38. The van der Waals surface area contributed by atoms with Crippen molar-refractivity contribution < 1.29 is 0 Å². The first-order chi connectivity index (χ1) is 9.36. The normalized spacial score (nSPS) is 27.5. The lowest BCUT2D eigenvalue weighted by Crippen LogP contribution is -2.65. The van der Waals surface area contributed by atoms with Crippen LogP contribution in [0.2, 0.25) is 0 Å². The Morgan fingerprint density at radius 3 is 3.05 bits per heavy atom. The molecule has 6 nitrogen and oxygen atoms in total. The van der Waals surface area contributed by atoms with Gasteiger partial charge in [-0.25, -0.2) is 9.97 Å². The maximum absolute atomic E-state index is 4.50. The molecule has 0 amide bonds. The standard InChI is InChI=1S/C13H18N6/c1-3-13(17-4-1)8-19(7-6-18-13)12-10-2-5-14-11(10)15-9-16-12/h2,5,9,17-18H,1,3-4,6-8H2,(H,14,15,16). The topological polar surface area (TPSA) is 68.9 Å². The lowest BCUT2D eigenvalue weighted by atomic mass is 10.0. The molecule has 2 aromatic rings. The Bertz CT molecular complexity index is 586. The molecule has 0 saturated carbocycles. The van der Waals surface area contributed by atoms with E-state index in [1.54, 1.807) is 6.33 Å². The minimum atomic E-state index is 0.0752. The summed E-state index contributed by atoms with van der Waals surface area (Å²) in [5.41, 5.74) is 0.989. The summed E-state index contributed by atoms with van der Waals surface area (Å²) in [7, 11) is 0. The molecule has 0 bridgehead atoms. The molecule has 6 heteroatoms. The van der Waals surface area contributed by atoms with Crippen molar-refractivity contribution in [2.75, 3.05) is 31.1 Å². The van der Waals surface area contributed by atoms with Gasteiger partial charge in [0.2, 0.25) is 0 Å². The number of aromatic amines is 1. The molecule has 1 spiro atoms. The second-order valence-corrected chi connectivity index (χ2v) is 5.40. The molecule has 2 saturated heterocycles. The maximum Gasteiger partial charge on any atom is 0.142 e. The molecule has 19 heavy (non-hydrogen) atoms. The van der Waals surface area contributed by atoms with Crippen molar-refractivity contribution in [3.8, 4) is 0 Å². The largest absolute Gasteiger partial charge is 0.351 e. The second kappa shape index (κ2) is 4.18. The van der Waals surface area contributed by atoms with Gasteiger partial charge in [0.1, 0.15) is 17.8 Å². The number of fused-ring (bicyclic) bond motifs is 1. The van der Waals surface area contributed by atoms with Gasteiger partial charge in [0.15, 0.2) is 0 Å². The van der Waals surface area contributed by atoms with Gasteiger partial charge < -0.3 is 9.88 Å². The van der Waals surface area contributed by atoms with Gasteiger partial charge in [0.05, 0.1) is 17.6 Å². The number of nitrogens with zero attached hydrogens (tertiary/aromatic N) is 3. The Hall–Kier alpha value is -1.66. The zero-order valence-corrected chi connectivity index (χ0v) is 10.8. The average Bonchev–Trinajstić information content (AvgIpc) is 3.07. The Balaban J connectivity index is 1.70. The van der Waals surface area contributed by atoms with E-state index in [4.69, 9.17) is 0 Å². The van der Waals surface area contributed by atoms with E-state index < -0.39 is 0 Å². The van der Waals surface area contributed by atoms with E-state index in [9.17, 15) is 0 Å². The van der Waals surface area contributed by atoms with Crippen LogP contribution in [0.4, 0.5) is 5.82 Å². The number of rotatable bonds is 1. The predicted molar refractivity (Wildman–Crippen MR) is 74.1 cm³/mol. The molecule has 4 heterocycles. The first kappa shape index (κ1) is 11.2. The fourth-order valence-electron chi connectivity index (χ4n) is 3.27. The Kier molecular flexibility index (Phi) is 2.46. The number of piperazine rings is 1. The van der Waals surface area contributed by atoms with Crippen LogP contribution in [0.5, 0.6) is 0 Å². The van der Waals surface area contributed by atoms with E-state index in [2.05, 4.69) is 36.6 Å². The van der Waals surface area contributed by atoms with E-state index in [1.165, 1.54) is 12.8 Å². The van der Waals surface area contributed by atoms with Crippen LogP contribution in [0, 0.1) is 0 Å². The van der Waals surface area contributed by atoms with E-state index in [1.807, 2.05) is 6.20 Å². The number of anilines is 1. The summed E-state index contributed by atoms with van der Waals surface area (Å²) in [4.78, 5) is 14.3. The molecule has 1 unspecified atom stereocenters. The van der Waals surface area contributed by atoms with Crippen molar-refractivity contribution in [1.82, 2.24) is 25.6 Å². The molecule has 0 aromatic carbocycles. The predicted octanol–water partition coefficient (Wildman–Crippen LogP) is 0.447. The number of aromatic nitrogens is 3. The molecule has 0 aliphatic carbocycles. The Morgan fingerprint density at radius 1 is 1.21 bits per heavy atom. The minimum Gasteiger partial charge on any atom is -0.351 e. The lowest BCUT2D eigenvalue weighted by molar-refractivity contribution is 0.270. The van der Waals surface area contributed by atoms with Crippen molar-refractivity contribution in [3.05, 3.63) is 18.6 Å². The first-order valence-electron chi connectivity index (χ1n) is 6.89. The monoisotopic (exact) mass is 258 g/mol. The van der Waals surface area contributed by atoms with E-state index >= 15 is 0 Å². The Labute approximate surface area is 111 Å². The molecule has 2 aliphatic heterocycles. The highest BCUT2D eigenvalue weighted by atomic mass is 15.3. The van der Waals surface area contributed by atoms with Gasteiger partial charge in [-0.05, 0) is 25.5 Å².